The molecule has 0 aliphatic heterocycles. The Morgan fingerprint density at radius 1 is 0.882 bits per heavy atom. The van der Waals surface area contributed by atoms with E-state index in [2.05, 4.69) is 6.92 Å². The Morgan fingerprint density at radius 2 is 1.47 bits per heavy atom. The number of aromatic hydroxyl groups is 2. The monoisotopic (exact) mass is 225 g/mol. The van der Waals surface area contributed by atoms with Crippen LogP contribution in [0.1, 0.15) is 11.1 Å². The van der Waals surface area contributed by atoms with Gasteiger partial charge in [-0.1, -0.05) is 36.4 Å². The molecule has 0 aromatic heterocycles. The number of rotatable bonds is 2. The third-order valence-corrected chi connectivity index (χ3v) is 2.52. The van der Waals surface area contributed by atoms with E-state index in [0.29, 0.717) is 16.7 Å². The summed E-state index contributed by atoms with van der Waals surface area (Å²) in [6.45, 7) is 3.90. The van der Waals surface area contributed by atoms with Gasteiger partial charge in [0.25, 0.3) is 0 Å². The maximum Gasteiger partial charge on any atom is 0.123 e. The highest BCUT2D eigenvalue weighted by atomic mass is 16.3. The third-order valence-electron chi connectivity index (χ3n) is 2.52. The molecule has 0 saturated heterocycles. The number of hydrogen-bond donors (Lipinski definition) is 2. The highest BCUT2D eigenvalue weighted by molar-refractivity contribution is 5.86. The molecule has 2 aromatic rings. The minimum absolute atomic E-state index is 0.184. The summed E-state index contributed by atoms with van der Waals surface area (Å²) in [7, 11) is 0. The number of phenolic OH excluding ortho intramolecular Hbond substituents is 2. The Morgan fingerprint density at radius 3 is 2.12 bits per heavy atom. The first kappa shape index (κ1) is 11.3. The van der Waals surface area contributed by atoms with Gasteiger partial charge in [-0.3, -0.25) is 0 Å². The lowest BCUT2D eigenvalue weighted by molar-refractivity contribution is 0.472. The summed E-state index contributed by atoms with van der Waals surface area (Å²) in [5.41, 5.74) is 2.00. The van der Waals surface area contributed by atoms with Crippen LogP contribution in [0.25, 0.3) is 11.6 Å². The average molecular weight is 225 g/mol. The third kappa shape index (κ3) is 2.48. The molecule has 0 fully saturated rings. The van der Waals surface area contributed by atoms with Crippen molar-refractivity contribution in [1.82, 2.24) is 0 Å². The molecule has 0 amide bonds. The van der Waals surface area contributed by atoms with Gasteiger partial charge in [-0.05, 0) is 30.7 Å². The van der Waals surface area contributed by atoms with Crippen molar-refractivity contribution in [3.63, 3.8) is 0 Å². The van der Waals surface area contributed by atoms with Gasteiger partial charge < -0.3 is 10.2 Å². The van der Waals surface area contributed by atoms with Gasteiger partial charge in [0, 0.05) is 11.1 Å². The van der Waals surface area contributed by atoms with Crippen molar-refractivity contribution >= 4 is 11.6 Å². The van der Waals surface area contributed by atoms with Crippen molar-refractivity contribution in [2.75, 3.05) is 0 Å². The van der Waals surface area contributed by atoms with Crippen LogP contribution in [0, 0.1) is 6.92 Å². The Kier molecular flexibility index (Phi) is 3.15. The second-order valence-corrected chi connectivity index (χ2v) is 3.75. The minimum Gasteiger partial charge on any atom is -0.507 e. The van der Waals surface area contributed by atoms with Crippen molar-refractivity contribution in [3.05, 3.63) is 66.6 Å². The summed E-state index contributed by atoms with van der Waals surface area (Å²) < 4.78 is 0. The first-order valence-corrected chi connectivity index (χ1v) is 5.28. The van der Waals surface area contributed by atoms with Crippen molar-refractivity contribution in [2.24, 2.45) is 0 Å². The fourth-order valence-electron chi connectivity index (χ4n) is 1.62. The first-order valence-electron chi connectivity index (χ1n) is 5.28. The second-order valence-electron chi connectivity index (χ2n) is 3.75. The quantitative estimate of drug-likeness (QED) is 0.768. The summed E-state index contributed by atoms with van der Waals surface area (Å²) in [6, 6.07) is 14.0. The maximum atomic E-state index is 9.68. The van der Waals surface area contributed by atoms with E-state index in [1.165, 1.54) is 0 Å². The predicted molar refractivity (Wildman–Crippen MR) is 69.4 cm³/mol. The summed E-state index contributed by atoms with van der Waals surface area (Å²) in [4.78, 5) is 0. The van der Waals surface area contributed by atoms with E-state index >= 15 is 0 Å². The van der Waals surface area contributed by atoms with Gasteiger partial charge in [-0.2, -0.15) is 0 Å². The van der Waals surface area contributed by atoms with E-state index in [0.717, 1.165) is 0 Å². The van der Waals surface area contributed by atoms with Gasteiger partial charge in [0.2, 0.25) is 0 Å². The maximum absolute atomic E-state index is 9.68. The number of benzene rings is 2. The molecule has 1 radical (unpaired) electrons. The molecule has 0 saturated carbocycles. The Bertz CT molecular complexity index is 556. The molecule has 0 bridgehead atoms. The number of para-hydroxylation sites is 2. The lowest BCUT2D eigenvalue weighted by Crippen LogP contribution is -1.82. The molecule has 2 aromatic carbocycles. The fourth-order valence-corrected chi connectivity index (χ4v) is 1.62. The molecule has 0 unspecified atom stereocenters. The van der Waals surface area contributed by atoms with Crippen LogP contribution in [0.3, 0.4) is 0 Å². The summed E-state index contributed by atoms with van der Waals surface area (Å²) >= 11 is 0. The fraction of sp³-hybridized carbons (Fsp3) is 0. The standard InChI is InChI=1S/C15H13O2/c1-11(13-7-3-5-9-15(13)17)10-12-6-2-4-8-14(12)16/h2-10,16-17H,1H2/b11-10+. The van der Waals surface area contributed by atoms with Crippen molar-refractivity contribution in [1.29, 1.82) is 0 Å². The molecule has 2 N–H and O–H groups in total. The lowest BCUT2D eigenvalue weighted by atomic mass is 10.0. The minimum atomic E-state index is 0.184. The molecule has 85 valence electrons. The van der Waals surface area contributed by atoms with E-state index < -0.39 is 0 Å². The average Bonchev–Trinajstić information content (AvgIpc) is 2.32. The van der Waals surface area contributed by atoms with Crippen LogP contribution in [0.15, 0.2) is 48.5 Å². The Hall–Kier alpha value is -2.22. The van der Waals surface area contributed by atoms with Crippen LogP contribution in [0.2, 0.25) is 0 Å². The van der Waals surface area contributed by atoms with Gasteiger partial charge in [0.05, 0.1) is 0 Å². The summed E-state index contributed by atoms with van der Waals surface area (Å²) in [5, 5.41) is 19.3. The van der Waals surface area contributed by atoms with E-state index in [9.17, 15) is 10.2 Å². The summed E-state index contributed by atoms with van der Waals surface area (Å²) in [6.07, 6.45) is 1.74. The molecule has 0 aliphatic carbocycles. The molecular weight excluding hydrogens is 212 g/mol. The zero-order valence-corrected chi connectivity index (χ0v) is 9.30. The lowest BCUT2D eigenvalue weighted by Gasteiger charge is -2.05. The van der Waals surface area contributed by atoms with Crippen molar-refractivity contribution in [2.45, 2.75) is 0 Å². The Labute approximate surface area is 100 Å². The normalized spacial score (nSPS) is 11.5. The SMILES string of the molecule is [CH2]/C(=C\c1ccccc1O)c1ccccc1O. The van der Waals surface area contributed by atoms with Gasteiger partial charge in [-0.25, -0.2) is 0 Å². The smallest absolute Gasteiger partial charge is 0.123 e. The number of allylic oxidation sites excluding steroid dienone is 1. The first-order chi connectivity index (χ1) is 8.18. The van der Waals surface area contributed by atoms with Crippen LogP contribution in [0.5, 0.6) is 11.5 Å². The van der Waals surface area contributed by atoms with Gasteiger partial charge in [0.15, 0.2) is 0 Å². The van der Waals surface area contributed by atoms with Crippen LogP contribution in [-0.4, -0.2) is 10.2 Å². The zero-order valence-electron chi connectivity index (χ0n) is 9.30. The Balaban J connectivity index is 2.42. The van der Waals surface area contributed by atoms with Gasteiger partial charge in [0.1, 0.15) is 11.5 Å². The van der Waals surface area contributed by atoms with Crippen molar-refractivity contribution in [3.8, 4) is 11.5 Å². The molecule has 17 heavy (non-hydrogen) atoms. The molecule has 2 heteroatoms. The highest BCUT2D eigenvalue weighted by Crippen LogP contribution is 2.27. The zero-order chi connectivity index (χ0) is 12.3. The molecular formula is C15H13O2. The highest BCUT2D eigenvalue weighted by Gasteiger charge is 2.03. The largest absolute Gasteiger partial charge is 0.507 e. The predicted octanol–water partition coefficient (Wildman–Crippen LogP) is 3.47. The molecule has 2 nitrogen and oxygen atoms in total. The van der Waals surface area contributed by atoms with Crippen LogP contribution < -0.4 is 0 Å². The van der Waals surface area contributed by atoms with E-state index in [1.54, 1.807) is 42.5 Å². The molecule has 0 aliphatic rings. The second kappa shape index (κ2) is 4.74. The van der Waals surface area contributed by atoms with E-state index in [-0.39, 0.29) is 11.5 Å². The van der Waals surface area contributed by atoms with Crippen LogP contribution in [-0.2, 0) is 0 Å². The molecule has 0 atom stereocenters. The molecule has 0 heterocycles. The van der Waals surface area contributed by atoms with Gasteiger partial charge >= 0.3 is 0 Å². The number of phenols is 2. The van der Waals surface area contributed by atoms with E-state index in [1.807, 2.05) is 12.1 Å². The van der Waals surface area contributed by atoms with E-state index in [4.69, 9.17) is 0 Å². The van der Waals surface area contributed by atoms with Crippen molar-refractivity contribution < 1.29 is 10.2 Å². The van der Waals surface area contributed by atoms with Gasteiger partial charge in [-0.15, -0.1) is 0 Å². The van der Waals surface area contributed by atoms with Crippen LogP contribution >= 0.6 is 0 Å². The summed E-state index contributed by atoms with van der Waals surface area (Å²) in [5.74, 6) is 0.383. The number of hydrogen-bond acceptors (Lipinski definition) is 2. The molecule has 0 spiro atoms. The molecule has 2 rings (SSSR count). The van der Waals surface area contributed by atoms with Crippen LogP contribution in [0.4, 0.5) is 0 Å². The topological polar surface area (TPSA) is 40.5 Å².